The summed E-state index contributed by atoms with van der Waals surface area (Å²) in [7, 11) is 1.70. The summed E-state index contributed by atoms with van der Waals surface area (Å²) in [5.74, 6) is 1.67. The Labute approximate surface area is 100 Å². The number of hydrogen-bond donors (Lipinski definition) is 0. The molecule has 0 saturated heterocycles. The normalized spacial score (nSPS) is 12.9. The Morgan fingerprint density at radius 1 is 1.19 bits per heavy atom. The minimum absolute atomic E-state index is 0.756. The second-order valence-corrected chi connectivity index (χ2v) is 3.33. The Balaban J connectivity index is 0.000000509. The summed E-state index contributed by atoms with van der Waals surface area (Å²) < 4.78 is 5.20. The maximum atomic E-state index is 5.20. The fraction of sp³-hybridized carbons (Fsp3) is 0.643. The van der Waals surface area contributed by atoms with Crippen LogP contribution in [-0.2, 0) is 0 Å². The first-order valence-corrected chi connectivity index (χ1v) is 6.32. The summed E-state index contributed by atoms with van der Waals surface area (Å²) in [5, 5.41) is 0. The Bertz CT molecular complexity index is 293. The molecule has 0 amide bonds. The molecule has 0 aliphatic heterocycles. The Kier molecular flexibility index (Phi) is 7.61. The highest BCUT2D eigenvalue weighted by molar-refractivity contribution is 5.33. The van der Waals surface area contributed by atoms with E-state index < -0.39 is 0 Å². The van der Waals surface area contributed by atoms with E-state index in [1.165, 1.54) is 18.4 Å². The van der Waals surface area contributed by atoms with Gasteiger partial charge in [-0.25, -0.2) is 0 Å². The molecule has 2 nitrogen and oxygen atoms in total. The van der Waals surface area contributed by atoms with E-state index in [4.69, 9.17) is 4.74 Å². The predicted octanol–water partition coefficient (Wildman–Crippen LogP) is 4.33. The van der Waals surface area contributed by atoms with Crippen LogP contribution in [0, 0.1) is 6.92 Å². The molecule has 0 N–H and O–H groups in total. The van der Waals surface area contributed by atoms with Gasteiger partial charge in [-0.1, -0.05) is 27.7 Å². The summed E-state index contributed by atoms with van der Waals surface area (Å²) in [6.07, 6.45) is 4.59. The van der Waals surface area contributed by atoms with Crippen molar-refractivity contribution in [1.82, 2.24) is 4.98 Å². The van der Waals surface area contributed by atoms with Gasteiger partial charge in [0.1, 0.15) is 5.75 Å². The van der Waals surface area contributed by atoms with Crippen LogP contribution < -0.4 is 4.74 Å². The molecule has 1 heterocycles. The van der Waals surface area contributed by atoms with E-state index in [1.807, 2.05) is 40.8 Å². The molecular formula is C14H25NO. The van der Waals surface area contributed by atoms with Gasteiger partial charge in [0.15, 0.2) is 0 Å². The molecule has 0 unspecified atom stereocenters. The average Bonchev–Trinajstić information content (AvgIpc) is 3.19. The molecule has 1 aliphatic rings. The number of rotatable bonds is 2. The third-order valence-electron chi connectivity index (χ3n) is 2.33. The van der Waals surface area contributed by atoms with Crippen molar-refractivity contribution in [2.75, 3.05) is 7.11 Å². The van der Waals surface area contributed by atoms with Crippen LogP contribution in [0.25, 0.3) is 0 Å². The average molecular weight is 223 g/mol. The molecule has 1 fully saturated rings. The summed E-state index contributed by atoms with van der Waals surface area (Å²) in [6, 6.07) is 2.11. The van der Waals surface area contributed by atoms with Gasteiger partial charge in [0.2, 0.25) is 0 Å². The number of aromatic nitrogens is 1. The third kappa shape index (κ3) is 4.21. The quantitative estimate of drug-likeness (QED) is 0.744. The molecular weight excluding hydrogens is 198 g/mol. The van der Waals surface area contributed by atoms with Gasteiger partial charge < -0.3 is 4.74 Å². The predicted molar refractivity (Wildman–Crippen MR) is 70.2 cm³/mol. The van der Waals surface area contributed by atoms with Crippen molar-refractivity contribution < 1.29 is 4.74 Å². The SMILES string of the molecule is CC.CC.COc1cc(C2CC2)cnc1C. The molecule has 0 spiro atoms. The fourth-order valence-corrected chi connectivity index (χ4v) is 1.37. The van der Waals surface area contributed by atoms with Gasteiger partial charge in [0.25, 0.3) is 0 Å². The first-order valence-electron chi connectivity index (χ1n) is 6.32. The van der Waals surface area contributed by atoms with E-state index in [2.05, 4.69) is 11.1 Å². The van der Waals surface area contributed by atoms with Gasteiger partial charge in [0, 0.05) is 6.20 Å². The van der Waals surface area contributed by atoms with E-state index in [-0.39, 0.29) is 0 Å². The lowest BCUT2D eigenvalue weighted by atomic mass is 10.2. The van der Waals surface area contributed by atoms with E-state index >= 15 is 0 Å². The third-order valence-corrected chi connectivity index (χ3v) is 2.33. The van der Waals surface area contributed by atoms with Gasteiger partial charge in [-0.05, 0) is 37.3 Å². The first-order chi connectivity index (χ1) is 7.81. The maximum Gasteiger partial charge on any atom is 0.140 e. The van der Waals surface area contributed by atoms with Crippen LogP contribution in [-0.4, -0.2) is 12.1 Å². The van der Waals surface area contributed by atoms with Gasteiger partial charge in [-0.15, -0.1) is 0 Å². The molecule has 2 rings (SSSR count). The van der Waals surface area contributed by atoms with Crippen molar-refractivity contribution in [2.24, 2.45) is 0 Å². The van der Waals surface area contributed by atoms with E-state index in [0.717, 1.165) is 17.4 Å². The number of methoxy groups -OCH3 is 1. The fourth-order valence-electron chi connectivity index (χ4n) is 1.37. The van der Waals surface area contributed by atoms with Crippen LogP contribution >= 0.6 is 0 Å². The van der Waals surface area contributed by atoms with E-state index in [9.17, 15) is 0 Å². The Morgan fingerprint density at radius 3 is 2.19 bits per heavy atom. The lowest BCUT2D eigenvalue weighted by Crippen LogP contribution is -1.92. The highest BCUT2D eigenvalue weighted by atomic mass is 16.5. The number of hydrogen-bond acceptors (Lipinski definition) is 2. The largest absolute Gasteiger partial charge is 0.495 e. The molecule has 0 bridgehead atoms. The molecule has 92 valence electrons. The van der Waals surface area contributed by atoms with Crippen LogP contribution in [0.3, 0.4) is 0 Å². The van der Waals surface area contributed by atoms with Crippen molar-refractivity contribution in [3.05, 3.63) is 23.5 Å². The van der Waals surface area contributed by atoms with Crippen LogP contribution in [0.1, 0.15) is 57.7 Å². The second-order valence-electron chi connectivity index (χ2n) is 3.33. The molecule has 2 heteroatoms. The molecule has 1 aromatic rings. The van der Waals surface area contributed by atoms with Gasteiger partial charge in [0.05, 0.1) is 12.8 Å². The van der Waals surface area contributed by atoms with Crippen molar-refractivity contribution in [3.8, 4) is 5.75 Å². The van der Waals surface area contributed by atoms with Crippen LogP contribution in [0.2, 0.25) is 0 Å². The van der Waals surface area contributed by atoms with Crippen LogP contribution in [0.15, 0.2) is 12.3 Å². The Hall–Kier alpha value is -1.05. The summed E-state index contributed by atoms with van der Waals surface area (Å²) in [4.78, 5) is 4.29. The molecule has 0 aromatic carbocycles. The van der Waals surface area contributed by atoms with Crippen molar-refractivity contribution in [2.45, 2.75) is 53.4 Å². The Morgan fingerprint density at radius 2 is 1.75 bits per heavy atom. The number of aryl methyl sites for hydroxylation is 1. The molecule has 16 heavy (non-hydrogen) atoms. The molecule has 0 radical (unpaired) electrons. The van der Waals surface area contributed by atoms with Crippen LogP contribution in [0.5, 0.6) is 5.75 Å². The van der Waals surface area contributed by atoms with Crippen molar-refractivity contribution in [1.29, 1.82) is 0 Å². The van der Waals surface area contributed by atoms with Gasteiger partial charge in [-0.2, -0.15) is 0 Å². The number of ether oxygens (including phenoxy) is 1. The topological polar surface area (TPSA) is 22.1 Å². The molecule has 1 aromatic heterocycles. The minimum Gasteiger partial charge on any atom is -0.495 e. The smallest absolute Gasteiger partial charge is 0.140 e. The minimum atomic E-state index is 0.756. The zero-order chi connectivity index (χ0) is 12.6. The van der Waals surface area contributed by atoms with Gasteiger partial charge in [-0.3, -0.25) is 4.98 Å². The lowest BCUT2D eigenvalue weighted by molar-refractivity contribution is 0.408. The highest BCUT2D eigenvalue weighted by Gasteiger charge is 2.24. The maximum absolute atomic E-state index is 5.20. The number of nitrogens with zero attached hydrogens (tertiary/aromatic N) is 1. The standard InChI is InChI=1S/C10H13NO.2C2H6/c1-7-10(12-2)5-9(6-11-7)8-3-4-8;2*1-2/h5-6,8H,3-4H2,1-2H3;2*1-2H3. The zero-order valence-electron chi connectivity index (χ0n) is 11.5. The van der Waals surface area contributed by atoms with Crippen LogP contribution in [0.4, 0.5) is 0 Å². The molecule has 0 atom stereocenters. The van der Waals surface area contributed by atoms with Crippen molar-refractivity contribution >= 4 is 0 Å². The van der Waals surface area contributed by atoms with E-state index in [0.29, 0.717) is 0 Å². The van der Waals surface area contributed by atoms with E-state index in [1.54, 1.807) is 7.11 Å². The zero-order valence-corrected chi connectivity index (χ0v) is 11.5. The monoisotopic (exact) mass is 223 g/mol. The summed E-state index contributed by atoms with van der Waals surface area (Å²) >= 11 is 0. The lowest BCUT2D eigenvalue weighted by Gasteiger charge is -2.05. The first kappa shape index (κ1) is 14.9. The molecule has 1 saturated carbocycles. The summed E-state index contributed by atoms with van der Waals surface area (Å²) in [6.45, 7) is 9.97. The highest BCUT2D eigenvalue weighted by Crippen LogP contribution is 2.40. The summed E-state index contributed by atoms with van der Waals surface area (Å²) in [5.41, 5.74) is 2.30. The van der Waals surface area contributed by atoms with Gasteiger partial charge >= 0.3 is 0 Å². The van der Waals surface area contributed by atoms with Crippen molar-refractivity contribution in [3.63, 3.8) is 0 Å². The molecule has 1 aliphatic carbocycles. The second kappa shape index (κ2) is 8.14. The number of pyridine rings is 1.